The highest BCUT2D eigenvalue weighted by Crippen LogP contribution is 2.26. The summed E-state index contributed by atoms with van der Waals surface area (Å²) in [6.07, 6.45) is 0.218. The zero-order valence-corrected chi connectivity index (χ0v) is 12.0. The summed E-state index contributed by atoms with van der Waals surface area (Å²) in [6, 6.07) is 5.40. The van der Waals surface area contributed by atoms with E-state index in [-0.39, 0.29) is 11.9 Å². The number of benzene rings is 1. The van der Waals surface area contributed by atoms with Gasteiger partial charge < -0.3 is 15.2 Å². The molecule has 2 N–H and O–H groups in total. The van der Waals surface area contributed by atoms with Gasteiger partial charge in [0, 0.05) is 31.7 Å². The van der Waals surface area contributed by atoms with Crippen LogP contribution in [0.15, 0.2) is 18.2 Å². The molecule has 5 heteroatoms. The van der Waals surface area contributed by atoms with Crippen molar-refractivity contribution in [1.29, 1.82) is 0 Å². The second-order valence-electron chi connectivity index (χ2n) is 4.76. The Bertz CT molecular complexity index is 414. The van der Waals surface area contributed by atoms with Gasteiger partial charge in [-0.1, -0.05) is 30.7 Å². The third-order valence-electron chi connectivity index (χ3n) is 3.43. The molecule has 106 valence electrons. The molecule has 19 heavy (non-hydrogen) atoms. The van der Waals surface area contributed by atoms with E-state index in [1.54, 1.807) is 6.07 Å². The molecule has 0 amide bonds. The Labute approximate surface area is 119 Å². The molecule has 0 aliphatic carbocycles. The first-order valence-corrected chi connectivity index (χ1v) is 7.09. The molecular formula is C14H21ClN2O2. The van der Waals surface area contributed by atoms with Crippen LogP contribution in [0.4, 0.5) is 0 Å². The van der Waals surface area contributed by atoms with Crippen molar-refractivity contribution in [2.45, 2.75) is 19.6 Å². The highest BCUT2D eigenvalue weighted by molar-refractivity contribution is 6.32. The van der Waals surface area contributed by atoms with E-state index < -0.39 is 0 Å². The summed E-state index contributed by atoms with van der Waals surface area (Å²) in [5.41, 5.74) is 0.815. The number of aromatic hydroxyl groups is 1. The van der Waals surface area contributed by atoms with Crippen molar-refractivity contribution in [2.24, 2.45) is 0 Å². The number of morpholine rings is 1. The highest BCUT2D eigenvalue weighted by Gasteiger charge is 2.18. The smallest absolute Gasteiger partial charge is 0.138 e. The SMILES string of the molecule is CCN1CCOC(CNCc2cccc(Cl)c2O)C1. The van der Waals surface area contributed by atoms with Gasteiger partial charge in [0.25, 0.3) is 0 Å². The van der Waals surface area contributed by atoms with E-state index in [0.29, 0.717) is 11.6 Å². The van der Waals surface area contributed by atoms with E-state index in [1.807, 2.05) is 12.1 Å². The van der Waals surface area contributed by atoms with Crippen LogP contribution in [0.3, 0.4) is 0 Å². The largest absolute Gasteiger partial charge is 0.506 e. The second-order valence-corrected chi connectivity index (χ2v) is 5.17. The van der Waals surface area contributed by atoms with Gasteiger partial charge in [0.1, 0.15) is 5.75 Å². The number of phenols is 1. The van der Waals surface area contributed by atoms with Gasteiger partial charge in [0.15, 0.2) is 0 Å². The molecular weight excluding hydrogens is 264 g/mol. The molecule has 1 fully saturated rings. The molecule has 1 aliphatic heterocycles. The Kier molecular flexibility index (Phi) is 5.45. The number of hydrogen-bond acceptors (Lipinski definition) is 4. The van der Waals surface area contributed by atoms with Crippen LogP contribution in [0.5, 0.6) is 5.75 Å². The van der Waals surface area contributed by atoms with Gasteiger partial charge in [0.05, 0.1) is 17.7 Å². The van der Waals surface area contributed by atoms with Crippen LogP contribution >= 0.6 is 11.6 Å². The molecule has 1 unspecified atom stereocenters. The Morgan fingerprint density at radius 1 is 1.53 bits per heavy atom. The number of hydrogen-bond donors (Lipinski definition) is 2. The molecule has 0 bridgehead atoms. The summed E-state index contributed by atoms with van der Waals surface area (Å²) in [7, 11) is 0. The first-order valence-electron chi connectivity index (χ1n) is 6.71. The maximum absolute atomic E-state index is 9.80. The van der Waals surface area contributed by atoms with Crippen LogP contribution in [0.1, 0.15) is 12.5 Å². The fraction of sp³-hybridized carbons (Fsp3) is 0.571. The number of likely N-dealkylation sites (N-methyl/N-ethyl adjacent to an activating group) is 1. The van der Waals surface area contributed by atoms with Crippen LogP contribution in [0, 0.1) is 0 Å². The number of nitrogens with zero attached hydrogens (tertiary/aromatic N) is 1. The fourth-order valence-electron chi connectivity index (χ4n) is 2.26. The zero-order chi connectivity index (χ0) is 13.7. The summed E-state index contributed by atoms with van der Waals surface area (Å²) < 4.78 is 5.71. The summed E-state index contributed by atoms with van der Waals surface area (Å²) in [4.78, 5) is 2.38. The molecule has 0 saturated carbocycles. The van der Waals surface area contributed by atoms with Crippen molar-refractivity contribution in [1.82, 2.24) is 10.2 Å². The van der Waals surface area contributed by atoms with Gasteiger partial charge in [-0.2, -0.15) is 0 Å². The quantitative estimate of drug-likeness (QED) is 0.866. The lowest BCUT2D eigenvalue weighted by molar-refractivity contribution is -0.0253. The number of ether oxygens (including phenoxy) is 1. The molecule has 1 aromatic rings. The minimum absolute atomic E-state index is 0.163. The number of nitrogens with one attached hydrogen (secondary N) is 1. The van der Waals surface area contributed by atoms with E-state index in [1.165, 1.54) is 0 Å². The summed E-state index contributed by atoms with van der Waals surface area (Å²) in [5, 5.41) is 13.5. The monoisotopic (exact) mass is 284 g/mol. The van der Waals surface area contributed by atoms with Crippen LogP contribution in [-0.4, -0.2) is 48.9 Å². The topological polar surface area (TPSA) is 44.7 Å². The van der Waals surface area contributed by atoms with Gasteiger partial charge in [0.2, 0.25) is 0 Å². The average Bonchev–Trinajstić information content (AvgIpc) is 2.44. The molecule has 1 aliphatic rings. The molecule has 1 heterocycles. The van der Waals surface area contributed by atoms with E-state index in [9.17, 15) is 5.11 Å². The third-order valence-corrected chi connectivity index (χ3v) is 3.73. The normalized spacial score (nSPS) is 20.6. The maximum atomic E-state index is 9.80. The minimum Gasteiger partial charge on any atom is -0.506 e. The van der Waals surface area contributed by atoms with Crippen LogP contribution < -0.4 is 5.32 Å². The number of rotatable bonds is 5. The van der Waals surface area contributed by atoms with Crippen molar-refractivity contribution in [3.63, 3.8) is 0 Å². The molecule has 4 nitrogen and oxygen atoms in total. The van der Waals surface area contributed by atoms with E-state index in [2.05, 4.69) is 17.1 Å². The third kappa shape index (κ3) is 4.08. The van der Waals surface area contributed by atoms with E-state index in [4.69, 9.17) is 16.3 Å². The van der Waals surface area contributed by atoms with Crippen LogP contribution in [-0.2, 0) is 11.3 Å². The lowest BCUT2D eigenvalue weighted by Gasteiger charge is -2.32. The molecule has 1 saturated heterocycles. The first-order chi connectivity index (χ1) is 9.20. The Morgan fingerprint density at radius 2 is 2.37 bits per heavy atom. The van der Waals surface area contributed by atoms with Crippen LogP contribution in [0.25, 0.3) is 0 Å². The molecule has 0 aromatic heterocycles. The summed E-state index contributed by atoms with van der Waals surface area (Å²) in [6.45, 7) is 7.38. The standard InChI is InChI=1S/C14H21ClN2O2/c1-2-17-6-7-19-12(10-17)9-16-8-11-4-3-5-13(15)14(11)18/h3-5,12,16,18H,2,6-10H2,1H3. The number of phenolic OH excluding ortho intramolecular Hbond substituents is 1. The molecule has 1 aromatic carbocycles. The Balaban J connectivity index is 1.78. The minimum atomic E-state index is 0.163. The maximum Gasteiger partial charge on any atom is 0.138 e. The average molecular weight is 285 g/mol. The lowest BCUT2D eigenvalue weighted by atomic mass is 10.2. The van der Waals surface area contributed by atoms with Crippen molar-refractivity contribution in [2.75, 3.05) is 32.8 Å². The zero-order valence-electron chi connectivity index (χ0n) is 11.2. The fourth-order valence-corrected chi connectivity index (χ4v) is 2.46. The van der Waals surface area contributed by atoms with Crippen LogP contribution in [0.2, 0.25) is 5.02 Å². The van der Waals surface area contributed by atoms with Gasteiger partial charge in [-0.15, -0.1) is 0 Å². The number of halogens is 1. The van der Waals surface area contributed by atoms with Gasteiger partial charge in [-0.05, 0) is 12.6 Å². The Hall–Kier alpha value is -0.810. The molecule has 2 rings (SSSR count). The lowest BCUT2D eigenvalue weighted by Crippen LogP contribution is -2.46. The summed E-state index contributed by atoms with van der Waals surface area (Å²) in [5.74, 6) is 0.163. The second kappa shape index (κ2) is 7.10. The van der Waals surface area contributed by atoms with Gasteiger partial charge in [-0.25, -0.2) is 0 Å². The van der Waals surface area contributed by atoms with Crippen molar-refractivity contribution in [3.05, 3.63) is 28.8 Å². The molecule has 0 radical (unpaired) electrons. The van der Waals surface area contributed by atoms with E-state index in [0.717, 1.165) is 38.3 Å². The molecule has 0 spiro atoms. The van der Waals surface area contributed by atoms with Crippen molar-refractivity contribution >= 4 is 11.6 Å². The van der Waals surface area contributed by atoms with E-state index >= 15 is 0 Å². The highest BCUT2D eigenvalue weighted by atomic mass is 35.5. The van der Waals surface area contributed by atoms with Crippen molar-refractivity contribution in [3.8, 4) is 5.75 Å². The van der Waals surface area contributed by atoms with Gasteiger partial charge in [-0.3, -0.25) is 4.90 Å². The molecule has 1 atom stereocenters. The predicted molar refractivity (Wildman–Crippen MR) is 76.7 cm³/mol. The summed E-state index contributed by atoms with van der Waals surface area (Å²) >= 11 is 5.87. The number of para-hydroxylation sites is 1. The van der Waals surface area contributed by atoms with Crippen molar-refractivity contribution < 1.29 is 9.84 Å². The predicted octanol–water partition coefficient (Wildman–Crippen LogP) is 1.86. The Morgan fingerprint density at radius 3 is 3.16 bits per heavy atom. The first kappa shape index (κ1) is 14.6. The van der Waals surface area contributed by atoms with Gasteiger partial charge >= 0.3 is 0 Å².